The first-order chi connectivity index (χ1) is 9.32. The molecule has 1 aromatic rings. The fourth-order valence-electron chi connectivity index (χ4n) is 2.38. The zero-order chi connectivity index (χ0) is 15.0. The average molecular weight is 276 g/mol. The van der Waals surface area contributed by atoms with Gasteiger partial charge in [-0.1, -0.05) is 11.6 Å². The fraction of sp³-hybridized carbons (Fsp3) is 0.438. The minimum atomic E-state index is -0.248. The minimum Gasteiger partial charge on any atom is -0.507 e. The van der Waals surface area contributed by atoms with Gasteiger partial charge in [0.1, 0.15) is 28.9 Å². The maximum atomic E-state index is 12.1. The lowest BCUT2D eigenvalue weighted by atomic mass is 9.92. The van der Waals surface area contributed by atoms with Gasteiger partial charge in [0.15, 0.2) is 5.78 Å². The number of carbonyl (C=O) groups excluding carboxylic acids is 1. The summed E-state index contributed by atoms with van der Waals surface area (Å²) >= 11 is 0. The second kappa shape index (κ2) is 5.19. The highest BCUT2D eigenvalue weighted by molar-refractivity contribution is 6.03. The van der Waals surface area contributed by atoms with E-state index in [1.807, 2.05) is 19.9 Å². The number of hydrogen-bond acceptors (Lipinski definition) is 4. The molecule has 2 N–H and O–H groups in total. The molecule has 0 bridgehead atoms. The third-order valence-corrected chi connectivity index (χ3v) is 3.52. The van der Waals surface area contributed by atoms with Crippen LogP contribution in [0, 0.1) is 6.92 Å². The van der Waals surface area contributed by atoms with Gasteiger partial charge in [-0.15, -0.1) is 0 Å². The van der Waals surface area contributed by atoms with Crippen LogP contribution in [0.3, 0.4) is 0 Å². The number of benzene rings is 1. The van der Waals surface area contributed by atoms with Crippen LogP contribution in [0.1, 0.15) is 48.7 Å². The summed E-state index contributed by atoms with van der Waals surface area (Å²) in [4.78, 5) is 12.1. The number of rotatable bonds is 2. The van der Waals surface area contributed by atoms with Crippen molar-refractivity contribution in [3.05, 3.63) is 28.3 Å². The molecule has 1 heterocycles. The Hall–Kier alpha value is -1.97. The van der Waals surface area contributed by atoms with Crippen molar-refractivity contribution >= 4 is 5.78 Å². The molecule has 0 aromatic heterocycles. The maximum absolute atomic E-state index is 12.1. The first kappa shape index (κ1) is 14.4. The molecule has 1 atom stereocenters. The van der Waals surface area contributed by atoms with Gasteiger partial charge in [-0.05, 0) is 34.1 Å². The van der Waals surface area contributed by atoms with Gasteiger partial charge >= 0.3 is 0 Å². The monoisotopic (exact) mass is 276 g/mol. The van der Waals surface area contributed by atoms with Gasteiger partial charge in [-0.2, -0.15) is 0 Å². The van der Waals surface area contributed by atoms with Gasteiger partial charge in [-0.25, -0.2) is 0 Å². The molecule has 4 heteroatoms. The van der Waals surface area contributed by atoms with Gasteiger partial charge in [0.2, 0.25) is 0 Å². The number of phenolic OH excluding ortho intramolecular Hbond substituents is 2. The van der Waals surface area contributed by atoms with Crippen molar-refractivity contribution in [1.29, 1.82) is 0 Å². The molecule has 0 saturated carbocycles. The Kier molecular flexibility index (Phi) is 3.75. The third kappa shape index (κ3) is 2.38. The molecular formula is C16H20O4. The van der Waals surface area contributed by atoms with Gasteiger partial charge < -0.3 is 14.9 Å². The summed E-state index contributed by atoms with van der Waals surface area (Å²) in [5.74, 6) is 0.0145. The third-order valence-electron chi connectivity index (χ3n) is 3.52. The van der Waals surface area contributed by atoms with E-state index >= 15 is 0 Å². The van der Waals surface area contributed by atoms with Crippen LogP contribution in [-0.4, -0.2) is 22.1 Å². The number of ether oxygens (including phenoxy) is 1. The minimum absolute atomic E-state index is 0.000602. The molecule has 0 amide bonds. The SMILES string of the molecule is CC(C)=CCc1c(O)c(C)c(O)c2c1OC(C)CC2=O. The number of Topliss-reactive ketones (excluding diaryl/α,β-unsaturated/α-hetero) is 1. The topological polar surface area (TPSA) is 66.8 Å². The lowest BCUT2D eigenvalue weighted by molar-refractivity contribution is 0.0864. The lowest BCUT2D eigenvalue weighted by Crippen LogP contribution is -2.25. The molecule has 0 aliphatic carbocycles. The average Bonchev–Trinajstić information content (AvgIpc) is 2.34. The Morgan fingerprint density at radius 2 is 2.00 bits per heavy atom. The summed E-state index contributed by atoms with van der Waals surface area (Å²) in [5, 5.41) is 20.3. The zero-order valence-corrected chi connectivity index (χ0v) is 12.3. The molecular weight excluding hydrogens is 256 g/mol. The van der Waals surface area contributed by atoms with Crippen molar-refractivity contribution in [2.24, 2.45) is 0 Å². The van der Waals surface area contributed by atoms with Crippen molar-refractivity contribution in [3.63, 3.8) is 0 Å². The smallest absolute Gasteiger partial charge is 0.174 e. The van der Waals surface area contributed by atoms with Crippen LogP contribution >= 0.6 is 0 Å². The first-order valence-electron chi connectivity index (χ1n) is 6.73. The Balaban J connectivity index is 2.67. The van der Waals surface area contributed by atoms with Crippen LogP contribution in [0.25, 0.3) is 0 Å². The summed E-state index contributed by atoms with van der Waals surface area (Å²) in [6, 6.07) is 0. The highest BCUT2D eigenvalue weighted by atomic mass is 16.5. The van der Waals surface area contributed by atoms with Crippen molar-refractivity contribution < 1.29 is 19.7 Å². The number of fused-ring (bicyclic) bond motifs is 1. The maximum Gasteiger partial charge on any atom is 0.174 e. The highest BCUT2D eigenvalue weighted by Crippen LogP contribution is 2.45. The summed E-state index contributed by atoms with van der Waals surface area (Å²) in [6.07, 6.45) is 2.42. The Morgan fingerprint density at radius 3 is 2.60 bits per heavy atom. The Bertz CT molecular complexity index is 595. The lowest BCUT2D eigenvalue weighted by Gasteiger charge is -2.26. The first-order valence-corrected chi connectivity index (χ1v) is 6.73. The molecule has 20 heavy (non-hydrogen) atoms. The molecule has 4 nitrogen and oxygen atoms in total. The van der Waals surface area contributed by atoms with E-state index < -0.39 is 0 Å². The predicted octanol–water partition coefficient (Wildman–Crippen LogP) is 3.27. The Labute approximate surface area is 118 Å². The van der Waals surface area contributed by atoms with Gasteiger partial charge in [0.25, 0.3) is 0 Å². The molecule has 0 radical (unpaired) electrons. The predicted molar refractivity (Wildman–Crippen MR) is 76.7 cm³/mol. The zero-order valence-electron chi connectivity index (χ0n) is 12.3. The van der Waals surface area contributed by atoms with E-state index in [-0.39, 0.29) is 35.4 Å². The molecule has 1 unspecified atom stereocenters. The number of allylic oxidation sites excluding steroid dienone is 2. The van der Waals surface area contributed by atoms with Gasteiger partial charge in [0, 0.05) is 17.5 Å². The summed E-state index contributed by atoms with van der Waals surface area (Å²) < 4.78 is 5.71. The Morgan fingerprint density at radius 1 is 1.35 bits per heavy atom. The summed E-state index contributed by atoms with van der Waals surface area (Å²) in [5.41, 5.74) is 2.21. The number of carbonyl (C=O) groups is 1. The molecule has 1 aliphatic heterocycles. The van der Waals surface area contributed by atoms with Gasteiger partial charge in [0.05, 0.1) is 0 Å². The van der Waals surface area contributed by atoms with Crippen molar-refractivity contribution in [2.45, 2.75) is 46.6 Å². The van der Waals surface area contributed by atoms with Crippen LogP contribution in [-0.2, 0) is 6.42 Å². The molecule has 1 aliphatic rings. The normalized spacial score (nSPS) is 17.4. The van der Waals surface area contributed by atoms with Crippen molar-refractivity contribution in [2.75, 3.05) is 0 Å². The van der Waals surface area contributed by atoms with Crippen LogP contribution in [0.4, 0.5) is 0 Å². The van der Waals surface area contributed by atoms with Gasteiger partial charge in [-0.3, -0.25) is 4.79 Å². The number of aromatic hydroxyl groups is 2. The summed E-state index contributed by atoms with van der Waals surface area (Å²) in [6.45, 7) is 7.33. The van der Waals surface area contributed by atoms with Crippen LogP contribution in [0.15, 0.2) is 11.6 Å². The van der Waals surface area contributed by atoms with E-state index in [1.54, 1.807) is 13.8 Å². The van der Waals surface area contributed by atoms with Crippen LogP contribution in [0.2, 0.25) is 0 Å². The van der Waals surface area contributed by atoms with E-state index in [2.05, 4.69) is 0 Å². The van der Waals surface area contributed by atoms with E-state index in [0.29, 0.717) is 23.3 Å². The molecule has 1 aromatic carbocycles. The standard InChI is InChI=1S/C16H20O4/c1-8(2)5-6-11-14(18)10(4)15(19)13-12(17)7-9(3)20-16(11)13/h5,9,18-19H,6-7H2,1-4H3. The van der Waals surface area contributed by atoms with E-state index in [0.717, 1.165) is 5.57 Å². The van der Waals surface area contributed by atoms with Crippen LogP contribution < -0.4 is 4.74 Å². The second-order valence-corrected chi connectivity index (χ2v) is 5.55. The summed E-state index contributed by atoms with van der Waals surface area (Å²) in [7, 11) is 0. The second-order valence-electron chi connectivity index (χ2n) is 5.55. The highest BCUT2D eigenvalue weighted by Gasteiger charge is 2.32. The van der Waals surface area contributed by atoms with Crippen molar-refractivity contribution in [1.82, 2.24) is 0 Å². The van der Waals surface area contributed by atoms with E-state index in [1.165, 1.54) is 0 Å². The van der Waals surface area contributed by atoms with Crippen LogP contribution in [0.5, 0.6) is 17.2 Å². The number of ketones is 1. The molecule has 0 fully saturated rings. The largest absolute Gasteiger partial charge is 0.507 e. The fourth-order valence-corrected chi connectivity index (χ4v) is 2.38. The quantitative estimate of drug-likeness (QED) is 0.814. The number of phenols is 2. The number of hydrogen-bond donors (Lipinski definition) is 2. The van der Waals surface area contributed by atoms with E-state index in [9.17, 15) is 15.0 Å². The molecule has 2 rings (SSSR count). The molecule has 108 valence electrons. The van der Waals surface area contributed by atoms with Crippen molar-refractivity contribution in [3.8, 4) is 17.2 Å². The molecule has 0 spiro atoms. The molecule has 0 saturated heterocycles. The van der Waals surface area contributed by atoms with E-state index in [4.69, 9.17) is 4.74 Å².